The zero-order valence-corrected chi connectivity index (χ0v) is 26.5. The normalized spacial score (nSPS) is 47.3. The van der Waals surface area contributed by atoms with Gasteiger partial charge in [0.15, 0.2) is 11.6 Å². The van der Waals surface area contributed by atoms with Crippen molar-refractivity contribution < 1.29 is 14.3 Å². The molecule has 2 heterocycles. The Morgan fingerprint density at radius 2 is 1.66 bits per heavy atom. The number of nitrogens with zero attached hydrogens (tertiary/aromatic N) is 2. The number of Topliss-reactive ketones (excluding diaryl/α,β-unsaturated/α-hetero) is 1. The Morgan fingerprint density at radius 3 is 2.29 bits per heavy atom. The average Bonchev–Trinajstić information content (AvgIpc) is 2.84. The highest BCUT2D eigenvalue weighted by atomic mass is 16.5. The SMILES string of the molecule is [C-]#[N+]C1=C[C@]2(C)C3=CC(=O)[C@@H]4[C@@H]5CC(C)(C)CC[C@]5(CN5CC6(COC6)C5)CC[C@@]4(C)[C@]3(C)CC[C@H]2C(C)(C)C1=O. The van der Waals surface area contributed by atoms with Gasteiger partial charge in [-0.25, -0.2) is 4.85 Å². The number of likely N-dealkylation sites (tertiary alicyclic amines) is 1. The van der Waals surface area contributed by atoms with Crippen LogP contribution in [0.2, 0.25) is 0 Å². The van der Waals surface area contributed by atoms with E-state index in [9.17, 15) is 9.59 Å². The molecule has 222 valence electrons. The third-order valence-corrected chi connectivity index (χ3v) is 14.5. The first-order valence-corrected chi connectivity index (χ1v) is 16.3. The summed E-state index contributed by atoms with van der Waals surface area (Å²) in [6.07, 6.45) is 11.9. The molecule has 0 N–H and O–H groups in total. The molecule has 41 heavy (non-hydrogen) atoms. The maximum atomic E-state index is 14.7. The monoisotopic (exact) mass is 558 g/mol. The van der Waals surface area contributed by atoms with Crippen molar-refractivity contribution in [2.24, 2.45) is 55.7 Å². The number of fused-ring (bicyclic) bond motifs is 7. The van der Waals surface area contributed by atoms with Crippen LogP contribution in [0, 0.1) is 62.2 Å². The molecule has 5 heteroatoms. The topological polar surface area (TPSA) is 51.0 Å². The number of rotatable bonds is 2. The largest absolute Gasteiger partial charge is 0.380 e. The number of carbonyl (C=O) groups excluding carboxylic acids is 2. The molecule has 5 aliphatic carbocycles. The molecular weight excluding hydrogens is 508 g/mol. The van der Waals surface area contributed by atoms with Gasteiger partial charge in [0.2, 0.25) is 5.70 Å². The molecule has 3 saturated carbocycles. The van der Waals surface area contributed by atoms with E-state index in [2.05, 4.69) is 50.4 Å². The number of carbonyl (C=O) groups is 2. The van der Waals surface area contributed by atoms with Crippen LogP contribution in [0.3, 0.4) is 0 Å². The van der Waals surface area contributed by atoms with Crippen molar-refractivity contribution in [2.75, 3.05) is 32.8 Å². The average molecular weight is 559 g/mol. The van der Waals surface area contributed by atoms with Crippen LogP contribution in [-0.4, -0.2) is 49.3 Å². The summed E-state index contributed by atoms with van der Waals surface area (Å²) >= 11 is 0. The summed E-state index contributed by atoms with van der Waals surface area (Å²) in [6.45, 7) is 29.2. The fourth-order valence-corrected chi connectivity index (χ4v) is 12.0. The number of ketones is 2. The van der Waals surface area contributed by atoms with Crippen LogP contribution >= 0.6 is 0 Å². The van der Waals surface area contributed by atoms with Gasteiger partial charge in [-0.2, -0.15) is 0 Å². The summed E-state index contributed by atoms with van der Waals surface area (Å²) in [5.41, 5.74) is 1.03. The highest BCUT2D eigenvalue weighted by molar-refractivity contribution is 6.03. The molecule has 7 aliphatic rings. The van der Waals surface area contributed by atoms with Crippen molar-refractivity contribution >= 4 is 11.6 Å². The highest BCUT2D eigenvalue weighted by Gasteiger charge is 2.70. The third kappa shape index (κ3) is 3.47. The Labute approximate surface area is 247 Å². The molecular formula is C36H50N2O3. The molecule has 5 fully saturated rings. The van der Waals surface area contributed by atoms with Crippen molar-refractivity contribution in [3.8, 4) is 0 Å². The lowest BCUT2D eigenvalue weighted by molar-refractivity contribution is -0.212. The van der Waals surface area contributed by atoms with E-state index in [0.29, 0.717) is 17.1 Å². The van der Waals surface area contributed by atoms with Gasteiger partial charge in [0.1, 0.15) is 0 Å². The maximum Gasteiger partial charge on any atom is 0.226 e. The van der Waals surface area contributed by atoms with Gasteiger partial charge >= 0.3 is 0 Å². The van der Waals surface area contributed by atoms with Gasteiger partial charge in [-0.3, -0.25) is 4.79 Å². The standard InChI is InChI=1S/C36H50N2O3/c1-30(2)11-13-36(20-38-18-35(19-38)21-41-22-35)14-12-34(7)28(23(36)16-30)25(39)15-27-32(5)17-24(37-8)29(40)31(3,4)26(32)9-10-33(27,34)6/h15,17,23,26,28H,9-14,16,18-22H2,1-7H3/t23-,26-,28-,32-,33+,34+,36+/m0/s1. The highest BCUT2D eigenvalue weighted by Crippen LogP contribution is 2.74. The Balaban J connectivity index is 1.31. The van der Waals surface area contributed by atoms with Gasteiger partial charge in [0.25, 0.3) is 0 Å². The Morgan fingerprint density at radius 1 is 0.976 bits per heavy atom. The van der Waals surface area contributed by atoms with Gasteiger partial charge < -0.3 is 14.4 Å². The van der Waals surface area contributed by atoms with Gasteiger partial charge in [-0.1, -0.05) is 60.1 Å². The smallest absolute Gasteiger partial charge is 0.226 e. The predicted octanol–water partition coefficient (Wildman–Crippen LogP) is 6.89. The molecule has 1 spiro atoms. The van der Waals surface area contributed by atoms with Gasteiger partial charge in [0.05, 0.1) is 19.8 Å². The van der Waals surface area contributed by atoms with Crippen molar-refractivity contribution in [3.63, 3.8) is 0 Å². The molecule has 2 saturated heterocycles. The molecule has 0 aromatic heterocycles. The zero-order chi connectivity index (χ0) is 29.4. The van der Waals surface area contributed by atoms with Crippen LogP contribution in [0.5, 0.6) is 0 Å². The minimum Gasteiger partial charge on any atom is -0.380 e. The van der Waals surface area contributed by atoms with E-state index in [-0.39, 0.29) is 45.0 Å². The first-order valence-electron chi connectivity index (χ1n) is 16.3. The molecule has 0 bridgehead atoms. The van der Waals surface area contributed by atoms with E-state index in [1.807, 2.05) is 19.9 Å². The van der Waals surface area contributed by atoms with Crippen LogP contribution in [0.1, 0.15) is 93.4 Å². The van der Waals surface area contributed by atoms with E-state index < -0.39 is 10.8 Å². The van der Waals surface area contributed by atoms with Gasteiger partial charge in [0, 0.05) is 41.8 Å². The van der Waals surface area contributed by atoms with Crippen LogP contribution < -0.4 is 0 Å². The first kappa shape index (κ1) is 28.0. The van der Waals surface area contributed by atoms with Crippen LogP contribution in [0.25, 0.3) is 4.85 Å². The quantitative estimate of drug-likeness (QED) is 0.346. The van der Waals surface area contributed by atoms with E-state index in [1.54, 1.807) is 0 Å². The molecule has 2 aliphatic heterocycles. The zero-order valence-electron chi connectivity index (χ0n) is 26.5. The Kier molecular flexibility index (Phi) is 5.63. The van der Waals surface area contributed by atoms with Crippen molar-refractivity contribution in [1.82, 2.24) is 4.90 Å². The fourth-order valence-electron chi connectivity index (χ4n) is 12.0. The first-order chi connectivity index (χ1) is 19.0. The summed E-state index contributed by atoms with van der Waals surface area (Å²) in [4.78, 5) is 34.4. The molecule has 0 unspecified atom stereocenters. The van der Waals surface area contributed by atoms with Crippen LogP contribution in [0.4, 0.5) is 0 Å². The second-order valence-electron chi connectivity index (χ2n) is 17.7. The van der Waals surface area contributed by atoms with Gasteiger partial charge in [-0.05, 0) is 84.5 Å². The Hall–Kier alpha value is -1.77. The number of hydrogen-bond acceptors (Lipinski definition) is 4. The van der Waals surface area contributed by atoms with Gasteiger partial charge in [-0.15, -0.1) is 0 Å². The second kappa shape index (κ2) is 8.23. The lowest BCUT2D eigenvalue weighted by Crippen LogP contribution is -2.70. The number of hydrogen-bond donors (Lipinski definition) is 0. The van der Waals surface area contributed by atoms with Crippen molar-refractivity contribution in [1.29, 1.82) is 0 Å². The minimum atomic E-state index is -0.610. The fraction of sp³-hybridized carbons (Fsp3) is 0.806. The molecule has 7 rings (SSSR count). The Bertz CT molecular complexity index is 1320. The predicted molar refractivity (Wildman–Crippen MR) is 160 cm³/mol. The van der Waals surface area contributed by atoms with E-state index in [4.69, 9.17) is 11.3 Å². The summed E-state index contributed by atoms with van der Waals surface area (Å²) in [5.74, 6) is 0.831. The third-order valence-electron chi connectivity index (χ3n) is 14.5. The van der Waals surface area contributed by atoms with E-state index >= 15 is 0 Å². The summed E-state index contributed by atoms with van der Waals surface area (Å²) in [6, 6.07) is 0. The van der Waals surface area contributed by atoms with Crippen molar-refractivity contribution in [2.45, 2.75) is 93.4 Å². The second-order valence-corrected chi connectivity index (χ2v) is 17.7. The van der Waals surface area contributed by atoms with Crippen LogP contribution in [0.15, 0.2) is 23.4 Å². The molecule has 5 nitrogen and oxygen atoms in total. The lowest BCUT2D eigenvalue weighted by atomic mass is 9.34. The lowest BCUT2D eigenvalue weighted by Gasteiger charge is -2.70. The van der Waals surface area contributed by atoms with E-state index in [0.717, 1.165) is 58.5 Å². The van der Waals surface area contributed by atoms with E-state index in [1.165, 1.54) is 24.8 Å². The molecule has 0 radical (unpaired) electrons. The molecule has 0 aromatic rings. The number of allylic oxidation sites excluding steroid dienone is 4. The molecule has 0 amide bonds. The maximum absolute atomic E-state index is 14.7. The number of ether oxygens (including phenoxy) is 1. The van der Waals surface area contributed by atoms with Crippen molar-refractivity contribution in [3.05, 3.63) is 34.8 Å². The summed E-state index contributed by atoms with van der Waals surface area (Å²) < 4.78 is 5.57. The minimum absolute atomic E-state index is 0.0291. The summed E-state index contributed by atoms with van der Waals surface area (Å²) in [5, 5.41) is 0. The summed E-state index contributed by atoms with van der Waals surface area (Å²) in [7, 11) is 0. The molecule has 0 aromatic carbocycles. The van der Waals surface area contributed by atoms with Crippen LogP contribution in [-0.2, 0) is 14.3 Å². The molecule has 7 atom stereocenters.